The van der Waals surface area contributed by atoms with Crippen molar-refractivity contribution in [3.8, 4) is 0 Å². The minimum absolute atomic E-state index is 0.0153. The molecule has 4 aliphatic rings. The zero-order valence-electron chi connectivity index (χ0n) is 16.2. The number of hydrogen-bond acceptors (Lipinski definition) is 4. The molecule has 0 aliphatic heterocycles. The van der Waals surface area contributed by atoms with E-state index < -0.39 is 0 Å². The Kier molecular flexibility index (Phi) is 5.13. The molecule has 0 spiro atoms. The van der Waals surface area contributed by atoms with Gasteiger partial charge in [0.05, 0.1) is 6.04 Å². The van der Waals surface area contributed by atoms with Gasteiger partial charge in [0, 0.05) is 11.4 Å². The Morgan fingerprint density at radius 2 is 1.92 bits per heavy atom. The van der Waals surface area contributed by atoms with Crippen molar-refractivity contribution in [2.45, 2.75) is 83.7 Å². The minimum atomic E-state index is -0.0397. The fraction of sp³-hybridized carbons (Fsp3) is 0.810. The molecule has 26 heavy (non-hydrogen) atoms. The largest absolute Gasteiger partial charge is 0.348 e. The molecule has 1 amide bonds. The van der Waals surface area contributed by atoms with Gasteiger partial charge in [-0.25, -0.2) is 4.98 Å². The highest BCUT2D eigenvalue weighted by Gasteiger charge is 2.53. The number of hydrogen-bond donors (Lipinski definition) is 2. The molecule has 4 nitrogen and oxygen atoms in total. The van der Waals surface area contributed by atoms with Crippen molar-refractivity contribution in [3.05, 3.63) is 16.1 Å². The van der Waals surface area contributed by atoms with E-state index in [9.17, 15) is 4.79 Å². The van der Waals surface area contributed by atoms with Crippen LogP contribution in [-0.4, -0.2) is 16.9 Å². The Labute approximate surface area is 161 Å². The predicted octanol–water partition coefficient (Wildman–Crippen LogP) is 4.67. The molecule has 1 aromatic heterocycles. The number of nitrogens with zero attached hydrogens (tertiary/aromatic N) is 1. The van der Waals surface area contributed by atoms with Crippen LogP contribution in [0.5, 0.6) is 0 Å². The topological polar surface area (TPSA) is 68.0 Å². The third-order valence-electron chi connectivity index (χ3n) is 7.29. The second-order valence-electron chi connectivity index (χ2n) is 9.29. The molecule has 4 saturated carbocycles. The van der Waals surface area contributed by atoms with E-state index in [-0.39, 0.29) is 18.0 Å². The van der Waals surface area contributed by atoms with Crippen molar-refractivity contribution in [2.24, 2.45) is 28.9 Å². The molecule has 2 atom stereocenters. The van der Waals surface area contributed by atoms with Crippen molar-refractivity contribution in [1.29, 1.82) is 0 Å². The molecule has 4 fully saturated rings. The van der Waals surface area contributed by atoms with Gasteiger partial charge in [0.15, 0.2) is 0 Å². The van der Waals surface area contributed by atoms with Gasteiger partial charge in [-0.2, -0.15) is 0 Å². The summed E-state index contributed by atoms with van der Waals surface area (Å²) < 4.78 is 0. The summed E-state index contributed by atoms with van der Waals surface area (Å²) in [5.74, 6) is 2.70. The molecule has 3 N–H and O–H groups in total. The lowest BCUT2D eigenvalue weighted by Crippen LogP contribution is -2.55. The molecule has 5 rings (SSSR count). The lowest BCUT2D eigenvalue weighted by Gasteiger charge is -2.59. The van der Waals surface area contributed by atoms with E-state index >= 15 is 0 Å². The number of unbranched alkanes of at least 4 members (excludes halogenated alkanes) is 1. The number of thiazole rings is 1. The summed E-state index contributed by atoms with van der Waals surface area (Å²) in [6, 6.07) is 0.199. The first-order valence-corrected chi connectivity index (χ1v) is 11.4. The number of rotatable bonds is 7. The molecular weight excluding hydrogens is 342 g/mol. The smallest absolute Gasteiger partial charge is 0.270 e. The number of carbonyl (C=O) groups excluding carboxylic acids is 1. The SMILES string of the molecule is CCCCC(N)c1nc(C(=O)NC(C)C23CC4CC(CC(C4)C2)C3)cs1. The first-order chi connectivity index (χ1) is 12.5. The maximum atomic E-state index is 12.8. The van der Waals surface area contributed by atoms with Crippen LogP contribution in [0.2, 0.25) is 0 Å². The van der Waals surface area contributed by atoms with Gasteiger partial charge in [-0.1, -0.05) is 19.8 Å². The van der Waals surface area contributed by atoms with Crippen molar-refractivity contribution >= 4 is 17.2 Å². The van der Waals surface area contributed by atoms with E-state index in [1.54, 1.807) is 0 Å². The standard InChI is InChI=1S/C21H33N3OS/c1-3-4-5-17(22)20-24-18(12-26-20)19(25)23-13(2)21-9-14-6-15(10-21)8-16(7-14)11-21/h12-17H,3-11,22H2,1-2H3,(H,23,25). The average molecular weight is 376 g/mol. The van der Waals surface area contributed by atoms with E-state index in [4.69, 9.17) is 5.73 Å². The molecule has 4 aliphatic carbocycles. The van der Waals surface area contributed by atoms with Crippen LogP contribution in [-0.2, 0) is 0 Å². The van der Waals surface area contributed by atoms with Gasteiger partial charge in [-0.05, 0) is 75.0 Å². The minimum Gasteiger partial charge on any atom is -0.348 e. The number of nitrogens with two attached hydrogens (primary N) is 1. The molecule has 0 saturated heterocycles. The highest BCUT2D eigenvalue weighted by molar-refractivity contribution is 7.09. The fourth-order valence-corrected chi connectivity index (χ4v) is 7.08. The van der Waals surface area contributed by atoms with Crippen LogP contribution in [0.3, 0.4) is 0 Å². The first-order valence-electron chi connectivity index (χ1n) is 10.5. The Morgan fingerprint density at radius 1 is 1.31 bits per heavy atom. The summed E-state index contributed by atoms with van der Waals surface area (Å²) in [6.45, 7) is 4.39. The van der Waals surface area contributed by atoms with Gasteiger partial charge < -0.3 is 11.1 Å². The molecule has 4 bridgehead atoms. The normalized spacial score (nSPS) is 34.7. The van der Waals surface area contributed by atoms with Crippen molar-refractivity contribution in [1.82, 2.24) is 10.3 Å². The van der Waals surface area contributed by atoms with Crippen molar-refractivity contribution < 1.29 is 4.79 Å². The number of nitrogens with one attached hydrogen (secondary N) is 1. The van der Waals surface area contributed by atoms with E-state index in [0.29, 0.717) is 11.1 Å². The number of aromatic nitrogens is 1. The van der Waals surface area contributed by atoms with Gasteiger partial charge >= 0.3 is 0 Å². The Balaban J connectivity index is 1.40. The van der Waals surface area contributed by atoms with Gasteiger partial charge in [-0.3, -0.25) is 4.79 Å². The Morgan fingerprint density at radius 3 is 2.50 bits per heavy atom. The highest BCUT2D eigenvalue weighted by Crippen LogP contribution is 2.61. The molecule has 1 heterocycles. The summed E-state index contributed by atoms with van der Waals surface area (Å²) in [5.41, 5.74) is 7.10. The van der Waals surface area contributed by atoms with Crippen LogP contribution in [0.15, 0.2) is 5.38 Å². The Hall–Kier alpha value is -0.940. The first kappa shape index (κ1) is 18.4. The summed E-state index contributed by atoms with van der Waals surface area (Å²) in [5, 5.41) is 6.09. The molecule has 0 radical (unpaired) electrons. The van der Waals surface area contributed by atoms with Gasteiger partial charge in [0.1, 0.15) is 10.7 Å². The summed E-state index contributed by atoms with van der Waals surface area (Å²) in [4.78, 5) is 17.3. The second kappa shape index (κ2) is 7.23. The number of amides is 1. The lowest BCUT2D eigenvalue weighted by molar-refractivity contribution is -0.0688. The van der Waals surface area contributed by atoms with Gasteiger partial charge in [-0.15, -0.1) is 11.3 Å². The summed E-state index contributed by atoms with van der Waals surface area (Å²) >= 11 is 1.53. The zero-order chi connectivity index (χ0) is 18.3. The molecule has 0 aromatic carbocycles. The fourth-order valence-electron chi connectivity index (χ4n) is 6.24. The van der Waals surface area contributed by atoms with Crippen LogP contribution in [0.1, 0.15) is 93.2 Å². The van der Waals surface area contributed by atoms with E-state index in [1.165, 1.54) is 49.9 Å². The third-order valence-corrected chi connectivity index (χ3v) is 8.27. The molecule has 5 heteroatoms. The van der Waals surface area contributed by atoms with Crippen LogP contribution < -0.4 is 11.1 Å². The second-order valence-corrected chi connectivity index (χ2v) is 10.2. The van der Waals surface area contributed by atoms with E-state index in [2.05, 4.69) is 24.1 Å². The van der Waals surface area contributed by atoms with Crippen LogP contribution in [0.25, 0.3) is 0 Å². The molecule has 1 aromatic rings. The summed E-state index contributed by atoms with van der Waals surface area (Å²) in [6.07, 6.45) is 11.4. The maximum absolute atomic E-state index is 12.8. The highest BCUT2D eigenvalue weighted by atomic mass is 32.1. The lowest BCUT2D eigenvalue weighted by atomic mass is 9.48. The van der Waals surface area contributed by atoms with Gasteiger partial charge in [0.2, 0.25) is 0 Å². The van der Waals surface area contributed by atoms with Crippen molar-refractivity contribution in [3.63, 3.8) is 0 Å². The molecule has 144 valence electrons. The zero-order valence-corrected chi connectivity index (χ0v) is 17.0. The van der Waals surface area contributed by atoms with Gasteiger partial charge in [0.25, 0.3) is 5.91 Å². The molecular formula is C21H33N3OS. The molecule has 2 unspecified atom stereocenters. The van der Waals surface area contributed by atoms with Crippen LogP contribution in [0.4, 0.5) is 0 Å². The maximum Gasteiger partial charge on any atom is 0.270 e. The number of carbonyl (C=O) groups is 1. The van der Waals surface area contributed by atoms with Crippen LogP contribution >= 0.6 is 11.3 Å². The predicted molar refractivity (Wildman–Crippen MR) is 106 cm³/mol. The summed E-state index contributed by atoms with van der Waals surface area (Å²) in [7, 11) is 0. The third kappa shape index (κ3) is 3.45. The van der Waals surface area contributed by atoms with Crippen molar-refractivity contribution in [2.75, 3.05) is 0 Å². The average Bonchev–Trinajstić information content (AvgIpc) is 3.08. The van der Waals surface area contributed by atoms with E-state index in [1.807, 2.05) is 5.38 Å². The quantitative estimate of drug-likeness (QED) is 0.728. The van der Waals surface area contributed by atoms with Crippen LogP contribution in [0, 0.1) is 23.2 Å². The Bertz CT molecular complexity index is 620. The monoisotopic (exact) mass is 375 g/mol. The van der Waals surface area contributed by atoms with E-state index in [0.717, 1.165) is 42.0 Å².